The Kier molecular flexibility index (Phi) is 6.17. The van der Waals surface area contributed by atoms with Crippen molar-refractivity contribution in [1.82, 2.24) is 9.13 Å². The van der Waals surface area contributed by atoms with Gasteiger partial charge in [-0.1, -0.05) is 115 Å². The Morgan fingerprint density at radius 1 is 0.385 bits per heavy atom. The third kappa shape index (κ3) is 4.20. The highest BCUT2D eigenvalue weighted by atomic mass is 16.3. The smallest absolute Gasteiger partial charge is 0.143 e. The van der Waals surface area contributed by atoms with Crippen molar-refractivity contribution in [2.75, 3.05) is 0 Å². The number of hydrogen-bond donors (Lipinski definition) is 0. The first kappa shape index (κ1) is 28.9. The minimum atomic E-state index is 0.914. The van der Waals surface area contributed by atoms with Crippen LogP contribution in [0, 0.1) is 6.92 Å². The minimum absolute atomic E-state index is 0.914. The summed E-state index contributed by atoms with van der Waals surface area (Å²) in [7, 11) is 0. The predicted octanol–water partition coefficient (Wildman–Crippen LogP) is 13.4. The van der Waals surface area contributed by atoms with Crippen molar-refractivity contribution < 1.29 is 4.42 Å². The summed E-state index contributed by atoms with van der Waals surface area (Å²) in [6.07, 6.45) is 0. The highest BCUT2D eigenvalue weighted by molar-refractivity contribution is 6.13. The Hall–Kier alpha value is -6.84. The van der Waals surface area contributed by atoms with Gasteiger partial charge in [0.25, 0.3) is 0 Å². The maximum absolute atomic E-state index is 6.46. The monoisotopic (exact) mass is 664 g/mol. The van der Waals surface area contributed by atoms with Gasteiger partial charge in [-0.3, -0.25) is 0 Å². The van der Waals surface area contributed by atoms with Gasteiger partial charge in [-0.25, -0.2) is 0 Å². The first-order valence-electron chi connectivity index (χ1n) is 17.9. The standard InChI is InChI=1S/C49H32N2O/c1-31-22-23-34(36-17-11-18-40-39-16-7-10-21-48(39)52-49(36)40)30-47(31)51-44-20-9-6-15-38(44)42-29-33(25-27-46(42)51)32-24-26-45-41(28-32)37-14-5-8-19-43(37)50(45)35-12-3-2-4-13-35/h2-30H,1H3. The number of aromatic nitrogens is 2. The zero-order valence-corrected chi connectivity index (χ0v) is 28.5. The second-order valence-electron chi connectivity index (χ2n) is 13.8. The molecule has 0 fully saturated rings. The molecule has 8 aromatic carbocycles. The molecular formula is C49H32N2O. The average molecular weight is 665 g/mol. The molecule has 0 saturated heterocycles. The lowest BCUT2D eigenvalue weighted by Gasteiger charge is -2.14. The van der Waals surface area contributed by atoms with Crippen molar-refractivity contribution in [3.63, 3.8) is 0 Å². The van der Waals surface area contributed by atoms with E-state index >= 15 is 0 Å². The van der Waals surface area contributed by atoms with Crippen molar-refractivity contribution in [3.05, 3.63) is 181 Å². The number of hydrogen-bond acceptors (Lipinski definition) is 1. The summed E-state index contributed by atoms with van der Waals surface area (Å²) in [5.41, 5.74) is 14.8. The maximum Gasteiger partial charge on any atom is 0.143 e. The van der Waals surface area contributed by atoms with E-state index in [1.54, 1.807) is 0 Å². The molecule has 0 aliphatic heterocycles. The summed E-state index contributed by atoms with van der Waals surface area (Å²) in [6.45, 7) is 2.21. The molecule has 244 valence electrons. The second kappa shape index (κ2) is 11.1. The molecule has 0 radical (unpaired) electrons. The van der Waals surface area contributed by atoms with Crippen molar-refractivity contribution >= 4 is 65.6 Å². The van der Waals surface area contributed by atoms with Crippen LogP contribution in [0.2, 0.25) is 0 Å². The van der Waals surface area contributed by atoms with Gasteiger partial charge in [0, 0.05) is 49.3 Å². The highest BCUT2D eigenvalue weighted by Gasteiger charge is 2.18. The van der Waals surface area contributed by atoms with Gasteiger partial charge >= 0.3 is 0 Å². The molecule has 11 aromatic rings. The van der Waals surface area contributed by atoms with Crippen molar-refractivity contribution in [1.29, 1.82) is 0 Å². The third-order valence-electron chi connectivity index (χ3n) is 10.9. The average Bonchev–Trinajstić information content (AvgIpc) is 3.86. The van der Waals surface area contributed by atoms with Gasteiger partial charge in [0.05, 0.1) is 22.1 Å². The normalized spacial score (nSPS) is 11.9. The first-order chi connectivity index (χ1) is 25.7. The lowest BCUT2D eigenvalue weighted by molar-refractivity contribution is 0.670. The molecule has 0 spiro atoms. The fraction of sp³-hybridized carbons (Fsp3) is 0.0204. The Labute approximate surface area is 300 Å². The summed E-state index contributed by atoms with van der Waals surface area (Å²) in [6, 6.07) is 63.6. The highest BCUT2D eigenvalue weighted by Crippen LogP contribution is 2.41. The van der Waals surface area contributed by atoms with Crippen LogP contribution in [0.4, 0.5) is 0 Å². The number of fused-ring (bicyclic) bond motifs is 9. The fourth-order valence-corrected chi connectivity index (χ4v) is 8.41. The summed E-state index contributed by atoms with van der Waals surface area (Å²) in [5.74, 6) is 0. The van der Waals surface area contributed by atoms with Crippen LogP contribution in [0.5, 0.6) is 0 Å². The molecule has 3 heteroatoms. The molecule has 0 aliphatic carbocycles. The summed E-state index contributed by atoms with van der Waals surface area (Å²) in [4.78, 5) is 0. The summed E-state index contributed by atoms with van der Waals surface area (Å²) in [5, 5.41) is 7.28. The first-order valence-corrected chi connectivity index (χ1v) is 17.9. The van der Waals surface area contributed by atoms with Crippen molar-refractivity contribution in [2.45, 2.75) is 6.92 Å². The van der Waals surface area contributed by atoms with Crippen LogP contribution < -0.4 is 0 Å². The van der Waals surface area contributed by atoms with E-state index in [1.807, 2.05) is 12.1 Å². The molecule has 3 nitrogen and oxygen atoms in total. The van der Waals surface area contributed by atoms with Gasteiger partial charge in [-0.2, -0.15) is 0 Å². The molecule has 0 atom stereocenters. The van der Waals surface area contributed by atoms with E-state index in [1.165, 1.54) is 71.7 Å². The molecule has 3 aromatic heterocycles. The molecular weight excluding hydrogens is 633 g/mol. The molecule has 0 unspecified atom stereocenters. The van der Waals surface area contributed by atoms with E-state index in [0.29, 0.717) is 0 Å². The van der Waals surface area contributed by atoms with E-state index in [2.05, 4.69) is 180 Å². The molecule has 52 heavy (non-hydrogen) atoms. The SMILES string of the molecule is Cc1ccc(-c2cccc3c2oc2ccccc23)cc1-n1c2ccccc2c2cc(-c3ccc4c(c3)c3ccccc3n4-c3ccccc3)ccc21. The van der Waals surface area contributed by atoms with Gasteiger partial charge in [-0.15, -0.1) is 0 Å². The van der Waals surface area contributed by atoms with Crippen molar-refractivity contribution in [3.8, 4) is 33.6 Å². The lowest BCUT2D eigenvalue weighted by atomic mass is 10.00. The van der Waals surface area contributed by atoms with E-state index in [0.717, 1.165) is 33.1 Å². The Balaban J connectivity index is 1.09. The van der Waals surface area contributed by atoms with Gasteiger partial charge < -0.3 is 13.6 Å². The number of para-hydroxylation sites is 5. The van der Waals surface area contributed by atoms with E-state index in [-0.39, 0.29) is 0 Å². The zero-order valence-electron chi connectivity index (χ0n) is 28.5. The minimum Gasteiger partial charge on any atom is -0.455 e. The summed E-state index contributed by atoms with van der Waals surface area (Å²) < 4.78 is 11.3. The number of furan rings is 1. The van der Waals surface area contributed by atoms with Crippen LogP contribution in [-0.4, -0.2) is 9.13 Å². The van der Waals surface area contributed by atoms with Gasteiger partial charge in [0.15, 0.2) is 0 Å². The van der Waals surface area contributed by atoms with E-state index in [9.17, 15) is 0 Å². The molecule has 0 amide bonds. The topological polar surface area (TPSA) is 23.0 Å². The van der Waals surface area contributed by atoms with Gasteiger partial charge in [0.2, 0.25) is 0 Å². The molecule has 3 heterocycles. The van der Waals surface area contributed by atoms with Crippen LogP contribution in [0.15, 0.2) is 180 Å². The zero-order chi connectivity index (χ0) is 34.3. The van der Waals surface area contributed by atoms with Crippen LogP contribution in [0.3, 0.4) is 0 Å². The molecule has 11 rings (SSSR count). The van der Waals surface area contributed by atoms with Crippen LogP contribution >= 0.6 is 0 Å². The quantitative estimate of drug-likeness (QED) is 0.184. The summed E-state index contributed by atoms with van der Waals surface area (Å²) >= 11 is 0. The largest absolute Gasteiger partial charge is 0.455 e. The van der Waals surface area contributed by atoms with Crippen molar-refractivity contribution in [2.24, 2.45) is 0 Å². The molecule has 0 saturated carbocycles. The third-order valence-corrected chi connectivity index (χ3v) is 10.9. The molecule has 0 bridgehead atoms. The lowest BCUT2D eigenvalue weighted by Crippen LogP contribution is -1.97. The number of aryl methyl sites for hydroxylation is 1. The Morgan fingerprint density at radius 2 is 0.942 bits per heavy atom. The van der Waals surface area contributed by atoms with E-state index < -0.39 is 0 Å². The maximum atomic E-state index is 6.46. The fourth-order valence-electron chi connectivity index (χ4n) is 8.41. The molecule has 0 N–H and O–H groups in total. The second-order valence-corrected chi connectivity index (χ2v) is 13.8. The Bertz CT molecular complexity index is 3190. The van der Waals surface area contributed by atoms with Gasteiger partial charge in [0.1, 0.15) is 11.2 Å². The van der Waals surface area contributed by atoms with Crippen LogP contribution in [0.25, 0.3) is 99.2 Å². The van der Waals surface area contributed by atoms with Crippen LogP contribution in [0.1, 0.15) is 5.56 Å². The number of nitrogens with zero attached hydrogens (tertiary/aromatic N) is 2. The van der Waals surface area contributed by atoms with E-state index in [4.69, 9.17) is 4.42 Å². The van der Waals surface area contributed by atoms with Crippen LogP contribution in [-0.2, 0) is 0 Å². The number of rotatable bonds is 4. The Morgan fingerprint density at radius 3 is 1.67 bits per heavy atom. The predicted molar refractivity (Wildman–Crippen MR) is 218 cm³/mol. The number of benzene rings is 8. The van der Waals surface area contributed by atoms with Gasteiger partial charge in [-0.05, 0) is 89.8 Å². The molecule has 0 aliphatic rings.